The van der Waals surface area contributed by atoms with Gasteiger partial charge in [0.1, 0.15) is 13.2 Å². The number of carbonyl (C=O) groups is 1. The predicted molar refractivity (Wildman–Crippen MR) is 88.3 cm³/mol. The van der Waals surface area contributed by atoms with Crippen molar-refractivity contribution in [3.05, 3.63) is 53.6 Å². The molecule has 1 aliphatic heterocycles. The van der Waals surface area contributed by atoms with Gasteiger partial charge in [-0.3, -0.25) is 4.79 Å². The molecule has 27 heavy (non-hydrogen) atoms. The molecule has 1 heterocycles. The van der Waals surface area contributed by atoms with Crippen LogP contribution >= 0.6 is 0 Å². The highest BCUT2D eigenvalue weighted by molar-refractivity contribution is 7.92. The number of amides is 1. The van der Waals surface area contributed by atoms with Crippen LogP contribution in [-0.4, -0.2) is 33.0 Å². The van der Waals surface area contributed by atoms with Crippen molar-refractivity contribution in [2.45, 2.75) is 16.9 Å². The lowest BCUT2D eigenvalue weighted by atomic mass is 10.1. The summed E-state index contributed by atoms with van der Waals surface area (Å²) in [5, 5.41) is 2.61. The molecule has 1 aliphatic rings. The van der Waals surface area contributed by atoms with Crippen LogP contribution in [0.5, 0.6) is 11.5 Å². The summed E-state index contributed by atoms with van der Waals surface area (Å²) in [6, 6.07) is 8.76. The van der Waals surface area contributed by atoms with E-state index < -0.39 is 26.1 Å². The molecular weight excluding hydrogens is 387 g/mol. The van der Waals surface area contributed by atoms with Crippen molar-refractivity contribution in [2.75, 3.05) is 13.2 Å². The summed E-state index contributed by atoms with van der Waals surface area (Å²) in [7, 11) is -5.45. The molecule has 0 unspecified atom stereocenters. The third kappa shape index (κ3) is 3.85. The number of alkyl halides is 3. The Balaban J connectivity index is 1.71. The van der Waals surface area contributed by atoms with Gasteiger partial charge in [0.15, 0.2) is 11.5 Å². The van der Waals surface area contributed by atoms with Gasteiger partial charge in [0.2, 0.25) is 0 Å². The number of carbonyl (C=O) groups excluding carboxylic acids is 1. The fraction of sp³-hybridized carbons (Fsp3) is 0.235. The van der Waals surface area contributed by atoms with E-state index in [9.17, 15) is 26.4 Å². The highest BCUT2D eigenvalue weighted by atomic mass is 32.2. The number of ether oxygens (including phenoxy) is 2. The second kappa shape index (κ2) is 7.10. The van der Waals surface area contributed by atoms with Crippen LogP contribution in [0.4, 0.5) is 13.2 Å². The molecule has 0 atom stereocenters. The van der Waals surface area contributed by atoms with Crippen molar-refractivity contribution in [3.8, 4) is 11.5 Å². The molecule has 0 aliphatic carbocycles. The summed E-state index contributed by atoms with van der Waals surface area (Å²) < 4.78 is 71.2. The van der Waals surface area contributed by atoms with E-state index in [1.165, 1.54) is 0 Å². The Hall–Kier alpha value is -2.75. The zero-order valence-electron chi connectivity index (χ0n) is 13.7. The van der Waals surface area contributed by atoms with Gasteiger partial charge in [-0.2, -0.15) is 13.2 Å². The number of rotatable bonds is 4. The highest BCUT2D eigenvalue weighted by Gasteiger charge is 2.46. The molecule has 0 saturated heterocycles. The molecule has 0 spiro atoms. The first-order valence-corrected chi connectivity index (χ1v) is 9.25. The maximum Gasteiger partial charge on any atom is 0.501 e. The predicted octanol–water partition coefficient (Wildman–Crippen LogP) is 2.68. The Morgan fingerprint density at radius 1 is 1.04 bits per heavy atom. The molecule has 3 rings (SSSR count). The van der Waals surface area contributed by atoms with Gasteiger partial charge in [-0.25, -0.2) is 8.42 Å². The summed E-state index contributed by atoms with van der Waals surface area (Å²) >= 11 is 0. The normalized spacial score (nSPS) is 13.9. The van der Waals surface area contributed by atoms with Crippen molar-refractivity contribution < 1.29 is 35.9 Å². The second-order valence-corrected chi connectivity index (χ2v) is 7.54. The van der Waals surface area contributed by atoms with Crippen LogP contribution in [0.2, 0.25) is 0 Å². The van der Waals surface area contributed by atoms with Crippen LogP contribution in [0.3, 0.4) is 0 Å². The maximum atomic E-state index is 12.5. The molecule has 1 amide bonds. The average Bonchev–Trinajstić information content (AvgIpc) is 2.65. The third-order valence-corrected chi connectivity index (χ3v) is 5.32. The summed E-state index contributed by atoms with van der Waals surface area (Å²) in [6.07, 6.45) is 0. The van der Waals surface area contributed by atoms with Gasteiger partial charge in [0, 0.05) is 17.7 Å². The summed E-state index contributed by atoms with van der Waals surface area (Å²) in [5.74, 6) is 0.519. The highest BCUT2D eigenvalue weighted by Crippen LogP contribution is 2.33. The molecule has 6 nitrogen and oxygen atoms in total. The third-order valence-electron chi connectivity index (χ3n) is 3.82. The monoisotopic (exact) mass is 401 g/mol. The Morgan fingerprint density at radius 2 is 1.70 bits per heavy atom. The largest absolute Gasteiger partial charge is 0.501 e. The molecule has 1 N–H and O–H groups in total. The van der Waals surface area contributed by atoms with Gasteiger partial charge in [-0.1, -0.05) is 12.1 Å². The number of sulfone groups is 1. The van der Waals surface area contributed by atoms with E-state index in [0.717, 1.165) is 24.3 Å². The quantitative estimate of drug-likeness (QED) is 0.852. The van der Waals surface area contributed by atoms with Crippen molar-refractivity contribution in [1.82, 2.24) is 5.32 Å². The smallest absolute Gasteiger partial charge is 0.486 e. The van der Waals surface area contributed by atoms with Gasteiger partial charge < -0.3 is 14.8 Å². The molecular formula is C17H14F3NO5S. The lowest BCUT2D eigenvalue weighted by Crippen LogP contribution is -2.25. The van der Waals surface area contributed by atoms with Crippen molar-refractivity contribution in [1.29, 1.82) is 0 Å². The molecule has 0 fully saturated rings. The minimum atomic E-state index is -5.45. The molecule has 2 aromatic carbocycles. The van der Waals surface area contributed by atoms with E-state index in [2.05, 4.69) is 5.32 Å². The van der Waals surface area contributed by atoms with Gasteiger partial charge in [0.05, 0.1) is 4.90 Å². The molecule has 0 saturated carbocycles. The van der Waals surface area contributed by atoms with E-state index in [4.69, 9.17) is 9.47 Å². The van der Waals surface area contributed by atoms with Gasteiger partial charge in [-0.15, -0.1) is 0 Å². The first-order valence-electron chi connectivity index (χ1n) is 7.77. The number of hydrogen-bond donors (Lipinski definition) is 1. The minimum Gasteiger partial charge on any atom is -0.486 e. The molecule has 0 aromatic heterocycles. The van der Waals surface area contributed by atoms with Crippen LogP contribution in [0.1, 0.15) is 15.9 Å². The Labute approximate surface area is 152 Å². The van der Waals surface area contributed by atoms with Crippen LogP contribution in [0.15, 0.2) is 47.4 Å². The fourth-order valence-corrected chi connectivity index (χ4v) is 3.23. The number of hydrogen-bond acceptors (Lipinski definition) is 5. The SMILES string of the molecule is O=C(NCc1cccc2c1OCCO2)c1ccc(S(=O)(=O)C(F)(F)F)cc1. The lowest BCUT2D eigenvalue weighted by Gasteiger charge is -2.21. The Kier molecular flexibility index (Phi) is 5.01. The van der Waals surface area contributed by atoms with Crippen LogP contribution < -0.4 is 14.8 Å². The first kappa shape index (κ1) is 19.0. The van der Waals surface area contributed by atoms with Gasteiger partial charge in [-0.05, 0) is 30.3 Å². The lowest BCUT2D eigenvalue weighted by molar-refractivity contribution is -0.0436. The van der Waals surface area contributed by atoms with E-state index in [-0.39, 0.29) is 12.1 Å². The van der Waals surface area contributed by atoms with Crippen molar-refractivity contribution in [2.24, 2.45) is 0 Å². The maximum absolute atomic E-state index is 12.5. The molecule has 144 valence electrons. The first-order chi connectivity index (χ1) is 12.7. The summed E-state index contributed by atoms with van der Waals surface area (Å²) in [5.41, 5.74) is -4.69. The van der Waals surface area contributed by atoms with Gasteiger partial charge in [0.25, 0.3) is 15.7 Å². The van der Waals surface area contributed by atoms with E-state index >= 15 is 0 Å². The Morgan fingerprint density at radius 3 is 2.37 bits per heavy atom. The number of para-hydroxylation sites is 1. The van der Waals surface area contributed by atoms with Gasteiger partial charge >= 0.3 is 5.51 Å². The minimum absolute atomic E-state index is 0.0260. The topological polar surface area (TPSA) is 81.7 Å². The van der Waals surface area contributed by atoms with Crippen LogP contribution in [0.25, 0.3) is 0 Å². The number of benzene rings is 2. The zero-order chi connectivity index (χ0) is 19.7. The zero-order valence-corrected chi connectivity index (χ0v) is 14.6. The fourth-order valence-electron chi connectivity index (χ4n) is 2.47. The number of nitrogens with one attached hydrogen (secondary N) is 1. The summed E-state index contributed by atoms with van der Waals surface area (Å²) in [4.78, 5) is 11.3. The molecule has 2 aromatic rings. The van der Waals surface area contributed by atoms with Crippen molar-refractivity contribution >= 4 is 15.7 Å². The molecule has 0 bridgehead atoms. The molecule has 0 radical (unpaired) electrons. The van der Waals surface area contributed by atoms with E-state index in [0.29, 0.717) is 30.3 Å². The number of fused-ring (bicyclic) bond motifs is 1. The van der Waals surface area contributed by atoms with Crippen LogP contribution in [-0.2, 0) is 16.4 Å². The standard InChI is InChI=1S/C17H14F3NO5S/c18-17(19,20)27(23,24)13-6-4-11(5-7-13)16(22)21-10-12-2-1-3-14-15(12)26-9-8-25-14/h1-7H,8-10H2,(H,21,22). The molecule has 10 heteroatoms. The Bertz CT molecular complexity index is 956. The van der Waals surface area contributed by atoms with Crippen LogP contribution in [0, 0.1) is 0 Å². The van der Waals surface area contributed by atoms with Crippen molar-refractivity contribution in [3.63, 3.8) is 0 Å². The van der Waals surface area contributed by atoms with E-state index in [1.54, 1.807) is 18.2 Å². The van der Waals surface area contributed by atoms with E-state index in [1.807, 2.05) is 0 Å². The number of halogens is 3. The average molecular weight is 401 g/mol. The second-order valence-electron chi connectivity index (χ2n) is 5.60. The summed E-state index contributed by atoms with van der Waals surface area (Å²) in [6.45, 7) is 0.914.